The maximum absolute atomic E-state index is 2.53. The van der Waals surface area contributed by atoms with Crippen molar-refractivity contribution < 1.29 is 0 Å². The molecule has 194 valence electrons. The van der Waals surface area contributed by atoms with Crippen LogP contribution in [-0.4, -0.2) is 0 Å². The molecule has 0 unspecified atom stereocenters. The Morgan fingerprint density at radius 2 is 0.889 bits per heavy atom. The van der Waals surface area contributed by atoms with Crippen LogP contribution in [0.15, 0.2) is 35.4 Å². The average molecular weight is 483 g/mol. The van der Waals surface area contributed by atoms with Gasteiger partial charge in [-0.3, -0.25) is 0 Å². The molecule has 2 aliphatic carbocycles. The minimum Gasteiger partial charge on any atom is -0.0622 e. The van der Waals surface area contributed by atoms with Crippen LogP contribution in [-0.2, 0) is 12.8 Å². The molecule has 0 saturated heterocycles. The molecule has 0 nitrogen and oxygen atoms in total. The van der Waals surface area contributed by atoms with E-state index in [1.54, 1.807) is 55.7 Å². The van der Waals surface area contributed by atoms with Gasteiger partial charge >= 0.3 is 0 Å². The molecule has 2 aromatic carbocycles. The van der Waals surface area contributed by atoms with E-state index in [2.05, 4.69) is 93.5 Å². The predicted octanol–water partition coefficient (Wildman–Crippen LogP) is 11.1. The van der Waals surface area contributed by atoms with Gasteiger partial charge in [0.25, 0.3) is 0 Å². The fraction of sp³-hybridized carbons (Fsp3) is 0.556. The molecule has 0 heteroatoms. The highest BCUT2D eigenvalue weighted by Gasteiger charge is 2.29. The van der Waals surface area contributed by atoms with E-state index in [-0.39, 0.29) is 0 Å². The summed E-state index contributed by atoms with van der Waals surface area (Å²) in [6.45, 7) is 23.6. The lowest BCUT2D eigenvalue weighted by Crippen LogP contribution is -2.02. The van der Waals surface area contributed by atoms with Gasteiger partial charge in [-0.15, -0.1) is 0 Å². The maximum Gasteiger partial charge on any atom is -0.00549 e. The zero-order valence-corrected chi connectivity index (χ0v) is 24.9. The molecular weight excluding hydrogens is 432 g/mol. The summed E-state index contributed by atoms with van der Waals surface area (Å²) in [4.78, 5) is 0. The first kappa shape index (κ1) is 27.0. The van der Waals surface area contributed by atoms with Gasteiger partial charge in [0.15, 0.2) is 0 Å². The van der Waals surface area contributed by atoms with Crippen molar-refractivity contribution in [2.45, 2.75) is 131 Å². The smallest absolute Gasteiger partial charge is 0.00549 e. The largest absolute Gasteiger partial charge is 0.0622 e. The SMILES string of the molecule is CCC1=C(CCC2=C(CC)Cc3cc(C(C)C)cc(C(C)C)c32)c2c(cc(C(C)C)cc2C(C)C)C1. The van der Waals surface area contributed by atoms with Crippen LogP contribution in [0.1, 0.15) is 163 Å². The zero-order chi connectivity index (χ0) is 26.3. The normalized spacial score (nSPS) is 15.4. The number of fused-ring (bicyclic) bond motifs is 2. The first-order chi connectivity index (χ1) is 17.1. The summed E-state index contributed by atoms with van der Waals surface area (Å²) in [5.74, 6) is 2.28. The first-order valence-corrected chi connectivity index (χ1v) is 14.8. The molecular formula is C36H50. The Morgan fingerprint density at radius 3 is 1.17 bits per heavy atom. The lowest BCUT2D eigenvalue weighted by atomic mass is 9.83. The zero-order valence-electron chi connectivity index (χ0n) is 24.9. The van der Waals surface area contributed by atoms with E-state index in [4.69, 9.17) is 0 Å². The van der Waals surface area contributed by atoms with Gasteiger partial charge in [-0.05, 0) is 118 Å². The van der Waals surface area contributed by atoms with E-state index >= 15 is 0 Å². The molecule has 0 atom stereocenters. The molecule has 0 aromatic heterocycles. The van der Waals surface area contributed by atoms with Crippen molar-refractivity contribution >= 4 is 11.1 Å². The topological polar surface area (TPSA) is 0 Å². The third-order valence-corrected chi connectivity index (χ3v) is 8.87. The Bertz CT molecular complexity index is 1100. The Balaban J connectivity index is 1.75. The fourth-order valence-corrected chi connectivity index (χ4v) is 6.65. The van der Waals surface area contributed by atoms with E-state index < -0.39 is 0 Å². The summed E-state index contributed by atoms with van der Waals surface area (Å²) in [5.41, 5.74) is 19.3. The third kappa shape index (κ3) is 4.90. The van der Waals surface area contributed by atoms with Crippen LogP contribution in [0.3, 0.4) is 0 Å². The highest BCUT2D eigenvalue weighted by molar-refractivity contribution is 5.84. The number of allylic oxidation sites excluding steroid dienone is 4. The quantitative estimate of drug-likeness (QED) is 0.333. The van der Waals surface area contributed by atoms with Gasteiger partial charge in [0.1, 0.15) is 0 Å². The van der Waals surface area contributed by atoms with Crippen LogP contribution in [0.4, 0.5) is 0 Å². The summed E-state index contributed by atoms with van der Waals surface area (Å²) in [6.07, 6.45) is 7.02. The Hall–Kier alpha value is -2.08. The second-order valence-corrected chi connectivity index (χ2v) is 12.6. The molecule has 0 saturated carbocycles. The van der Waals surface area contributed by atoms with Crippen LogP contribution in [0.25, 0.3) is 11.1 Å². The maximum atomic E-state index is 2.53. The highest BCUT2D eigenvalue weighted by Crippen LogP contribution is 2.47. The minimum atomic E-state index is 0.559. The highest BCUT2D eigenvalue weighted by atomic mass is 14.3. The molecule has 0 heterocycles. The van der Waals surface area contributed by atoms with Crippen LogP contribution in [0.2, 0.25) is 0 Å². The number of hydrogen-bond acceptors (Lipinski definition) is 0. The second-order valence-electron chi connectivity index (χ2n) is 12.6. The van der Waals surface area contributed by atoms with Crippen LogP contribution >= 0.6 is 0 Å². The predicted molar refractivity (Wildman–Crippen MR) is 160 cm³/mol. The minimum absolute atomic E-state index is 0.559. The van der Waals surface area contributed by atoms with Crippen LogP contribution < -0.4 is 0 Å². The van der Waals surface area contributed by atoms with Crippen LogP contribution in [0.5, 0.6) is 0 Å². The van der Waals surface area contributed by atoms with Gasteiger partial charge in [-0.2, -0.15) is 0 Å². The van der Waals surface area contributed by atoms with E-state index in [0.717, 1.165) is 12.8 Å². The third-order valence-electron chi connectivity index (χ3n) is 8.87. The van der Waals surface area contributed by atoms with Gasteiger partial charge in [0.05, 0.1) is 0 Å². The first-order valence-electron chi connectivity index (χ1n) is 14.8. The van der Waals surface area contributed by atoms with Crippen molar-refractivity contribution in [3.63, 3.8) is 0 Å². The lowest BCUT2D eigenvalue weighted by molar-refractivity contribution is 0.825. The fourth-order valence-electron chi connectivity index (χ4n) is 6.65. The van der Waals surface area contributed by atoms with E-state index in [1.165, 1.54) is 36.8 Å². The molecule has 4 rings (SSSR count). The molecule has 0 radical (unpaired) electrons. The van der Waals surface area contributed by atoms with Gasteiger partial charge in [0, 0.05) is 0 Å². The summed E-state index contributed by atoms with van der Waals surface area (Å²) < 4.78 is 0. The average Bonchev–Trinajstić information content (AvgIpc) is 3.38. The summed E-state index contributed by atoms with van der Waals surface area (Å²) in [5, 5.41) is 0. The summed E-state index contributed by atoms with van der Waals surface area (Å²) >= 11 is 0. The van der Waals surface area contributed by atoms with Crippen molar-refractivity contribution in [2.24, 2.45) is 0 Å². The molecule has 0 amide bonds. The lowest BCUT2D eigenvalue weighted by Gasteiger charge is -2.21. The number of benzene rings is 2. The van der Waals surface area contributed by atoms with Gasteiger partial charge in [-0.25, -0.2) is 0 Å². The Labute approximate surface area is 222 Å². The molecule has 0 fully saturated rings. The molecule has 0 aliphatic heterocycles. The molecule has 2 aliphatic rings. The Kier molecular flexibility index (Phi) is 8.04. The summed E-state index contributed by atoms with van der Waals surface area (Å²) in [7, 11) is 0. The standard InChI is InChI=1S/C36H50/c1-11-25-15-29-17-27(21(3)4)19-33(23(7)8)35(29)31(25)13-14-32-26(12-2)16-30-18-28(22(5)6)20-34(24(9)10)36(30)32/h17-24H,11-16H2,1-10H3. The van der Waals surface area contributed by atoms with Crippen molar-refractivity contribution in [3.8, 4) is 0 Å². The van der Waals surface area contributed by atoms with Gasteiger partial charge in [-0.1, -0.05) is 105 Å². The van der Waals surface area contributed by atoms with E-state index in [1.807, 2.05) is 0 Å². The number of rotatable bonds is 9. The van der Waals surface area contributed by atoms with E-state index in [0.29, 0.717) is 23.7 Å². The molecule has 2 aromatic rings. The van der Waals surface area contributed by atoms with Crippen molar-refractivity contribution in [2.75, 3.05) is 0 Å². The number of hydrogen-bond donors (Lipinski definition) is 0. The van der Waals surface area contributed by atoms with E-state index in [9.17, 15) is 0 Å². The monoisotopic (exact) mass is 482 g/mol. The molecule has 0 bridgehead atoms. The molecule has 0 spiro atoms. The van der Waals surface area contributed by atoms with Crippen molar-refractivity contribution in [1.82, 2.24) is 0 Å². The van der Waals surface area contributed by atoms with Crippen LogP contribution in [0, 0.1) is 0 Å². The molecule has 36 heavy (non-hydrogen) atoms. The molecule has 0 N–H and O–H groups in total. The second kappa shape index (κ2) is 10.7. The van der Waals surface area contributed by atoms with Gasteiger partial charge in [0.2, 0.25) is 0 Å². The van der Waals surface area contributed by atoms with Crippen molar-refractivity contribution in [1.29, 1.82) is 0 Å². The summed E-state index contributed by atoms with van der Waals surface area (Å²) in [6, 6.07) is 10.1. The Morgan fingerprint density at radius 1 is 0.528 bits per heavy atom. The van der Waals surface area contributed by atoms with Crippen molar-refractivity contribution in [3.05, 3.63) is 79.9 Å². The van der Waals surface area contributed by atoms with Gasteiger partial charge < -0.3 is 0 Å².